The van der Waals surface area contributed by atoms with Crippen molar-refractivity contribution in [3.63, 3.8) is 0 Å². The summed E-state index contributed by atoms with van der Waals surface area (Å²) in [7, 11) is 3.33. The van der Waals surface area contributed by atoms with Crippen LogP contribution in [0.2, 0.25) is 0 Å². The summed E-state index contributed by atoms with van der Waals surface area (Å²) in [6, 6.07) is 13.3. The first-order valence-electron chi connectivity index (χ1n) is 10.5. The zero-order chi connectivity index (χ0) is 22.2. The van der Waals surface area contributed by atoms with Crippen LogP contribution in [-0.2, 0) is 6.54 Å². The average molecular weight is 428 g/mol. The van der Waals surface area contributed by atoms with Gasteiger partial charge in [0.2, 0.25) is 0 Å². The third kappa shape index (κ3) is 6.85. The Morgan fingerprint density at radius 1 is 1.03 bits per heavy atom. The Labute approximate surface area is 184 Å². The van der Waals surface area contributed by atoms with Crippen LogP contribution in [0.5, 0.6) is 11.5 Å². The second kappa shape index (κ2) is 11.0. The smallest absolute Gasteiger partial charge is 0.122 e. The highest BCUT2D eigenvalue weighted by molar-refractivity contribution is 5.95. The number of ether oxygens (including phenoxy) is 2. The van der Waals surface area contributed by atoms with Gasteiger partial charge < -0.3 is 25.6 Å². The number of hydrogen-bond donors (Lipinski definition) is 4. The predicted octanol–water partition coefficient (Wildman–Crippen LogP) is 1.58. The highest BCUT2D eigenvalue weighted by atomic mass is 16.5. The number of aliphatic hydroxyl groups excluding tert-OH is 1. The predicted molar refractivity (Wildman–Crippen MR) is 123 cm³/mol. The number of benzene rings is 2. The quantitative estimate of drug-likeness (QED) is 0.337. The van der Waals surface area contributed by atoms with Gasteiger partial charge >= 0.3 is 0 Å². The molecule has 1 atom stereocenters. The zero-order valence-electron chi connectivity index (χ0n) is 18.3. The van der Waals surface area contributed by atoms with Gasteiger partial charge in [0.05, 0.1) is 20.3 Å². The van der Waals surface area contributed by atoms with Gasteiger partial charge in [-0.15, -0.1) is 0 Å². The van der Waals surface area contributed by atoms with Gasteiger partial charge in [0, 0.05) is 63.1 Å². The number of rotatable bonds is 10. The van der Waals surface area contributed by atoms with E-state index >= 15 is 0 Å². The van der Waals surface area contributed by atoms with E-state index in [9.17, 15) is 5.11 Å². The van der Waals surface area contributed by atoms with E-state index in [2.05, 4.69) is 15.1 Å². The molecule has 0 spiro atoms. The van der Waals surface area contributed by atoms with Crippen molar-refractivity contribution in [2.75, 3.05) is 58.8 Å². The van der Waals surface area contributed by atoms with E-state index in [1.54, 1.807) is 26.4 Å². The van der Waals surface area contributed by atoms with E-state index in [1.807, 2.05) is 30.3 Å². The lowest BCUT2D eigenvalue weighted by atomic mass is 10.1. The maximum absolute atomic E-state index is 10.4. The number of anilines is 1. The van der Waals surface area contributed by atoms with Gasteiger partial charge in [-0.1, -0.05) is 0 Å². The number of β-amino-alcohol motifs (C(OH)–C–C–N with tert-alkyl or cyclic N) is 1. The number of aliphatic hydroxyl groups is 1. The van der Waals surface area contributed by atoms with Gasteiger partial charge in [-0.2, -0.15) is 0 Å². The van der Waals surface area contributed by atoms with Crippen molar-refractivity contribution in [1.82, 2.24) is 9.80 Å². The molecular formula is C23H33N5O3. The fourth-order valence-electron chi connectivity index (χ4n) is 3.71. The number of nitrogens with one attached hydrogen (secondary N) is 2. The first-order chi connectivity index (χ1) is 15.0. The van der Waals surface area contributed by atoms with Gasteiger partial charge in [-0.25, -0.2) is 0 Å². The fraction of sp³-hybridized carbons (Fsp3) is 0.435. The fourth-order valence-corrected chi connectivity index (χ4v) is 3.71. The Balaban J connectivity index is 1.41. The van der Waals surface area contributed by atoms with E-state index in [1.165, 1.54) is 5.56 Å². The summed E-state index contributed by atoms with van der Waals surface area (Å²) >= 11 is 0. The zero-order valence-corrected chi connectivity index (χ0v) is 18.3. The number of hydrogen-bond acceptors (Lipinski definition) is 7. The molecule has 1 saturated heterocycles. The Bertz CT molecular complexity index is 829. The van der Waals surface area contributed by atoms with E-state index in [4.69, 9.17) is 20.6 Å². The minimum atomic E-state index is -0.457. The lowest BCUT2D eigenvalue weighted by Crippen LogP contribution is -2.48. The third-order valence-electron chi connectivity index (χ3n) is 5.49. The van der Waals surface area contributed by atoms with E-state index in [0.717, 1.165) is 49.9 Å². The largest absolute Gasteiger partial charge is 0.497 e. The lowest BCUT2D eigenvalue weighted by molar-refractivity contribution is 0.0756. The number of methoxy groups -OCH3 is 2. The molecule has 2 aromatic rings. The highest BCUT2D eigenvalue weighted by Gasteiger charge is 2.19. The molecule has 0 amide bonds. The second-order valence-corrected chi connectivity index (χ2v) is 7.82. The molecule has 8 nitrogen and oxygen atoms in total. The number of nitrogens with zero attached hydrogens (tertiary/aromatic N) is 2. The Morgan fingerprint density at radius 2 is 1.61 bits per heavy atom. The van der Waals surface area contributed by atoms with Crippen LogP contribution in [0.15, 0.2) is 42.5 Å². The van der Waals surface area contributed by atoms with Crippen molar-refractivity contribution in [3.8, 4) is 11.5 Å². The molecule has 0 radical (unpaired) electrons. The number of nitrogen functional groups attached to an aromatic ring is 1. The van der Waals surface area contributed by atoms with Crippen LogP contribution >= 0.6 is 0 Å². The van der Waals surface area contributed by atoms with Gasteiger partial charge in [-0.3, -0.25) is 15.2 Å². The molecule has 2 aromatic carbocycles. The molecule has 1 unspecified atom stereocenters. The van der Waals surface area contributed by atoms with Crippen LogP contribution in [0.3, 0.4) is 0 Å². The Kier molecular flexibility index (Phi) is 8.11. The van der Waals surface area contributed by atoms with Crippen molar-refractivity contribution < 1.29 is 14.6 Å². The van der Waals surface area contributed by atoms with Gasteiger partial charge in [0.1, 0.15) is 17.3 Å². The minimum absolute atomic E-state index is 0.0521. The summed E-state index contributed by atoms with van der Waals surface area (Å²) < 4.78 is 10.7. The SMILES string of the molecule is COc1cc(CN2CCN(CC(O)CNc3ccc(C(=N)N)cc3)CC2)cc(OC)c1. The van der Waals surface area contributed by atoms with Gasteiger partial charge in [-0.05, 0) is 42.0 Å². The molecule has 1 aliphatic heterocycles. The molecule has 8 heteroatoms. The molecule has 5 N–H and O–H groups in total. The van der Waals surface area contributed by atoms with Crippen LogP contribution in [0, 0.1) is 5.41 Å². The molecule has 0 bridgehead atoms. The molecule has 168 valence electrons. The Morgan fingerprint density at radius 3 is 2.16 bits per heavy atom. The third-order valence-corrected chi connectivity index (χ3v) is 5.49. The summed E-state index contributed by atoms with van der Waals surface area (Å²) in [6.07, 6.45) is -0.457. The normalized spacial score (nSPS) is 16.0. The van der Waals surface area contributed by atoms with Crippen LogP contribution < -0.4 is 20.5 Å². The number of amidine groups is 1. The summed E-state index contributed by atoms with van der Waals surface area (Å²) in [6.45, 7) is 5.71. The average Bonchev–Trinajstić information content (AvgIpc) is 2.79. The van der Waals surface area contributed by atoms with E-state index in [-0.39, 0.29) is 5.84 Å². The van der Waals surface area contributed by atoms with Crippen LogP contribution in [0.4, 0.5) is 5.69 Å². The summed E-state index contributed by atoms with van der Waals surface area (Å²) in [5, 5.41) is 21.1. The number of piperazine rings is 1. The van der Waals surface area contributed by atoms with Crippen molar-refractivity contribution in [1.29, 1.82) is 5.41 Å². The number of nitrogens with two attached hydrogens (primary N) is 1. The summed E-state index contributed by atoms with van der Waals surface area (Å²) in [5.41, 5.74) is 8.24. The van der Waals surface area contributed by atoms with E-state index in [0.29, 0.717) is 18.7 Å². The lowest BCUT2D eigenvalue weighted by Gasteiger charge is -2.35. The molecule has 0 aliphatic carbocycles. The molecule has 1 heterocycles. The van der Waals surface area contributed by atoms with Crippen molar-refractivity contribution >= 4 is 11.5 Å². The molecule has 0 saturated carbocycles. The van der Waals surface area contributed by atoms with Crippen molar-refractivity contribution in [2.45, 2.75) is 12.6 Å². The monoisotopic (exact) mass is 427 g/mol. The molecule has 3 rings (SSSR count). The standard InChI is InChI=1S/C23H33N5O3/c1-30-21-11-17(12-22(13-21)31-2)15-27-7-9-28(10-8-27)16-20(29)14-26-19-5-3-18(4-6-19)23(24)25/h3-6,11-13,20,26,29H,7-10,14-16H2,1-2H3,(H3,24,25). The Hall–Kier alpha value is -2.81. The molecule has 1 aliphatic rings. The van der Waals surface area contributed by atoms with Crippen LogP contribution in [-0.4, -0.2) is 80.3 Å². The minimum Gasteiger partial charge on any atom is -0.497 e. The van der Waals surface area contributed by atoms with Gasteiger partial charge in [0.25, 0.3) is 0 Å². The summed E-state index contributed by atoms with van der Waals surface area (Å²) in [4.78, 5) is 4.71. The summed E-state index contributed by atoms with van der Waals surface area (Å²) in [5.74, 6) is 1.66. The maximum atomic E-state index is 10.4. The van der Waals surface area contributed by atoms with Gasteiger partial charge in [0.15, 0.2) is 0 Å². The molecule has 0 aromatic heterocycles. The van der Waals surface area contributed by atoms with Crippen LogP contribution in [0.1, 0.15) is 11.1 Å². The van der Waals surface area contributed by atoms with Crippen molar-refractivity contribution in [3.05, 3.63) is 53.6 Å². The highest BCUT2D eigenvalue weighted by Crippen LogP contribution is 2.23. The van der Waals surface area contributed by atoms with E-state index < -0.39 is 6.10 Å². The maximum Gasteiger partial charge on any atom is 0.122 e. The topological polar surface area (TPSA) is 107 Å². The molecule has 1 fully saturated rings. The first-order valence-corrected chi connectivity index (χ1v) is 10.5. The molecule has 31 heavy (non-hydrogen) atoms. The van der Waals surface area contributed by atoms with Crippen LogP contribution in [0.25, 0.3) is 0 Å². The molecular weight excluding hydrogens is 394 g/mol. The van der Waals surface area contributed by atoms with Crippen molar-refractivity contribution in [2.24, 2.45) is 5.73 Å². The second-order valence-electron chi connectivity index (χ2n) is 7.82. The first kappa shape index (κ1) is 22.9.